The standard InChI is InChI=1S/C12H22N4/c1-5-10(4)16-12-6-11(14-8-15-12)13-7-9(2)3/h6,8-10H,5,7H2,1-4H3,(H2,13,14,15,16). The Kier molecular flexibility index (Phi) is 5.02. The summed E-state index contributed by atoms with van der Waals surface area (Å²) in [6.45, 7) is 9.57. The molecule has 1 unspecified atom stereocenters. The Morgan fingerprint density at radius 3 is 2.50 bits per heavy atom. The van der Waals surface area contributed by atoms with Crippen molar-refractivity contribution in [3.63, 3.8) is 0 Å². The van der Waals surface area contributed by atoms with Gasteiger partial charge in [-0.25, -0.2) is 9.97 Å². The average molecular weight is 222 g/mol. The van der Waals surface area contributed by atoms with Gasteiger partial charge in [-0.2, -0.15) is 0 Å². The number of hydrogen-bond donors (Lipinski definition) is 2. The van der Waals surface area contributed by atoms with E-state index in [-0.39, 0.29) is 0 Å². The summed E-state index contributed by atoms with van der Waals surface area (Å²) in [6.07, 6.45) is 2.67. The number of anilines is 2. The molecular weight excluding hydrogens is 200 g/mol. The summed E-state index contributed by atoms with van der Waals surface area (Å²) in [6, 6.07) is 2.39. The lowest BCUT2D eigenvalue weighted by atomic mass is 10.2. The first-order valence-electron chi connectivity index (χ1n) is 5.94. The summed E-state index contributed by atoms with van der Waals surface area (Å²) >= 11 is 0. The molecule has 4 nitrogen and oxygen atoms in total. The Morgan fingerprint density at radius 2 is 1.88 bits per heavy atom. The molecule has 1 aromatic heterocycles. The van der Waals surface area contributed by atoms with Crippen LogP contribution in [0.1, 0.15) is 34.1 Å². The summed E-state index contributed by atoms with van der Waals surface area (Å²) in [5.41, 5.74) is 0. The normalized spacial score (nSPS) is 12.6. The van der Waals surface area contributed by atoms with Gasteiger partial charge in [0.05, 0.1) is 0 Å². The summed E-state index contributed by atoms with van der Waals surface area (Å²) in [5, 5.41) is 6.61. The van der Waals surface area contributed by atoms with Gasteiger partial charge in [0, 0.05) is 18.7 Å². The van der Waals surface area contributed by atoms with E-state index in [1.54, 1.807) is 6.33 Å². The van der Waals surface area contributed by atoms with Crippen LogP contribution in [-0.2, 0) is 0 Å². The summed E-state index contributed by atoms with van der Waals surface area (Å²) < 4.78 is 0. The fourth-order valence-electron chi connectivity index (χ4n) is 1.20. The molecule has 1 aromatic rings. The van der Waals surface area contributed by atoms with Crippen molar-refractivity contribution in [1.82, 2.24) is 9.97 Å². The minimum absolute atomic E-state index is 0.438. The number of hydrogen-bond acceptors (Lipinski definition) is 4. The van der Waals surface area contributed by atoms with Crippen LogP contribution in [0.15, 0.2) is 12.4 Å². The predicted molar refractivity (Wildman–Crippen MR) is 68.7 cm³/mol. The van der Waals surface area contributed by atoms with Crippen LogP contribution in [0.2, 0.25) is 0 Å². The topological polar surface area (TPSA) is 49.8 Å². The highest BCUT2D eigenvalue weighted by molar-refractivity contribution is 5.46. The molecule has 90 valence electrons. The molecule has 0 radical (unpaired) electrons. The molecule has 0 aromatic carbocycles. The maximum atomic E-state index is 4.19. The van der Waals surface area contributed by atoms with Crippen molar-refractivity contribution < 1.29 is 0 Å². The first kappa shape index (κ1) is 12.7. The largest absolute Gasteiger partial charge is 0.370 e. The third kappa shape index (κ3) is 4.47. The van der Waals surface area contributed by atoms with E-state index in [0.29, 0.717) is 12.0 Å². The van der Waals surface area contributed by atoms with Gasteiger partial charge in [-0.05, 0) is 19.3 Å². The van der Waals surface area contributed by atoms with Crippen LogP contribution < -0.4 is 10.6 Å². The highest BCUT2D eigenvalue weighted by Crippen LogP contribution is 2.11. The minimum atomic E-state index is 0.438. The van der Waals surface area contributed by atoms with E-state index in [1.165, 1.54) is 0 Å². The molecule has 0 aliphatic carbocycles. The van der Waals surface area contributed by atoms with Gasteiger partial charge in [-0.15, -0.1) is 0 Å². The number of rotatable bonds is 6. The summed E-state index contributed by atoms with van der Waals surface area (Å²) in [4.78, 5) is 8.37. The molecule has 0 spiro atoms. The van der Waals surface area contributed by atoms with E-state index in [9.17, 15) is 0 Å². The van der Waals surface area contributed by atoms with Crippen molar-refractivity contribution in [2.24, 2.45) is 5.92 Å². The number of aromatic nitrogens is 2. The molecule has 2 N–H and O–H groups in total. The zero-order valence-electron chi connectivity index (χ0n) is 10.6. The van der Waals surface area contributed by atoms with Gasteiger partial charge < -0.3 is 10.6 Å². The first-order chi connectivity index (χ1) is 7.61. The third-order valence-electron chi connectivity index (χ3n) is 2.37. The molecule has 0 bridgehead atoms. The Morgan fingerprint density at radius 1 is 1.19 bits per heavy atom. The maximum absolute atomic E-state index is 4.19. The Bertz CT molecular complexity index is 312. The van der Waals surface area contributed by atoms with Crippen LogP contribution in [0.3, 0.4) is 0 Å². The lowest BCUT2D eigenvalue weighted by Gasteiger charge is -2.13. The lowest BCUT2D eigenvalue weighted by Crippen LogP contribution is -2.15. The molecule has 4 heteroatoms. The van der Waals surface area contributed by atoms with Crippen molar-refractivity contribution in [1.29, 1.82) is 0 Å². The Labute approximate surface area is 97.9 Å². The zero-order chi connectivity index (χ0) is 12.0. The molecule has 1 rings (SSSR count). The van der Waals surface area contributed by atoms with E-state index in [4.69, 9.17) is 0 Å². The lowest BCUT2D eigenvalue weighted by molar-refractivity contribution is 0.686. The molecule has 1 heterocycles. The van der Waals surface area contributed by atoms with Gasteiger partial charge in [0.2, 0.25) is 0 Å². The molecule has 0 saturated heterocycles. The highest BCUT2D eigenvalue weighted by atomic mass is 15.1. The molecule has 0 saturated carbocycles. The minimum Gasteiger partial charge on any atom is -0.370 e. The van der Waals surface area contributed by atoms with Crippen molar-refractivity contribution in [3.8, 4) is 0 Å². The van der Waals surface area contributed by atoms with Crippen molar-refractivity contribution >= 4 is 11.6 Å². The van der Waals surface area contributed by atoms with E-state index in [0.717, 1.165) is 24.6 Å². The molecule has 0 aliphatic rings. The zero-order valence-corrected chi connectivity index (χ0v) is 10.6. The van der Waals surface area contributed by atoms with Crippen LogP contribution in [0.5, 0.6) is 0 Å². The second-order valence-electron chi connectivity index (χ2n) is 4.52. The van der Waals surface area contributed by atoms with Crippen LogP contribution in [-0.4, -0.2) is 22.6 Å². The number of nitrogens with zero attached hydrogens (tertiary/aromatic N) is 2. The molecule has 16 heavy (non-hydrogen) atoms. The quantitative estimate of drug-likeness (QED) is 0.777. The van der Waals surface area contributed by atoms with Crippen LogP contribution >= 0.6 is 0 Å². The second kappa shape index (κ2) is 6.30. The van der Waals surface area contributed by atoms with E-state index in [2.05, 4.69) is 48.3 Å². The Hall–Kier alpha value is -1.32. The summed E-state index contributed by atoms with van der Waals surface area (Å²) in [5.74, 6) is 2.38. The van der Waals surface area contributed by atoms with Crippen LogP contribution in [0.4, 0.5) is 11.6 Å². The van der Waals surface area contributed by atoms with Gasteiger partial charge in [-0.1, -0.05) is 20.8 Å². The summed E-state index contributed by atoms with van der Waals surface area (Å²) in [7, 11) is 0. The fourth-order valence-corrected chi connectivity index (χ4v) is 1.20. The highest BCUT2D eigenvalue weighted by Gasteiger charge is 2.02. The molecular formula is C12H22N4. The van der Waals surface area contributed by atoms with E-state index >= 15 is 0 Å². The van der Waals surface area contributed by atoms with Crippen molar-refractivity contribution in [2.45, 2.75) is 40.2 Å². The van der Waals surface area contributed by atoms with Crippen molar-refractivity contribution in [3.05, 3.63) is 12.4 Å². The monoisotopic (exact) mass is 222 g/mol. The van der Waals surface area contributed by atoms with Gasteiger partial charge in [0.15, 0.2) is 0 Å². The van der Waals surface area contributed by atoms with Crippen molar-refractivity contribution in [2.75, 3.05) is 17.2 Å². The van der Waals surface area contributed by atoms with Gasteiger partial charge in [0.1, 0.15) is 18.0 Å². The predicted octanol–water partition coefficient (Wildman–Crippen LogP) is 2.75. The smallest absolute Gasteiger partial charge is 0.131 e. The van der Waals surface area contributed by atoms with Gasteiger partial charge in [-0.3, -0.25) is 0 Å². The van der Waals surface area contributed by atoms with Gasteiger partial charge >= 0.3 is 0 Å². The Balaban J connectivity index is 2.56. The molecule has 0 fully saturated rings. The number of nitrogens with one attached hydrogen (secondary N) is 2. The van der Waals surface area contributed by atoms with E-state index < -0.39 is 0 Å². The van der Waals surface area contributed by atoms with Crippen LogP contribution in [0.25, 0.3) is 0 Å². The molecule has 0 aliphatic heterocycles. The first-order valence-corrected chi connectivity index (χ1v) is 5.94. The maximum Gasteiger partial charge on any atom is 0.131 e. The second-order valence-corrected chi connectivity index (χ2v) is 4.52. The SMILES string of the molecule is CCC(C)Nc1cc(NCC(C)C)ncn1. The third-order valence-corrected chi connectivity index (χ3v) is 2.37. The average Bonchev–Trinajstić information content (AvgIpc) is 2.26. The molecule has 1 atom stereocenters. The van der Waals surface area contributed by atoms with E-state index in [1.807, 2.05) is 6.07 Å². The molecule has 0 amide bonds. The van der Waals surface area contributed by atoms with Gasteiger partial charge in [0.25, 0.3) is 0 Å². The van der Waals surface area contributed by atoms with Crippen LogP contribution in [0, 0.1) is 5.92 Å². The fraction of sp³-hybridized carbons (Fsp3) is 0.667.